The van der Waals surface area contributed by atoms with Gasteiger partial charge in [-0.15, -0.1) is 10.2 Å². The van der Waals surface area contributed by atoms with Gasteiger partial charge in [0.25, 0.3) is 0 Å². The van der Waals surface area contributed by atoms with E-state index < -0.39 is 17.5 Å². The number of piperidine rings is 1. The van der Waals surface area contributed by atoms with Gasteiger partial charge in [0.2, 0.25) is 0 Å². The van der Waals surface area contributed by atoms with Crippen molar-refractivity contribution in [2.75, 3.05) is 18.4 Å². The van der Waals surface area contributed by atoms with Crippen molar-refractivity contribution in [2.45, 2.75) is 38.4 Å². The van der Waals surface area contributed by atoms with E-state index in [1.54, 1.807) is 12.1 Å². The highest BCUT2D eigenvalue weighted by atomic mass is 19.4. The number of alkyl halides is 3. The Kier molecular flexibility index (Phi) is 5.31. The number of halogens is 3. The number of anilines is 1. The van der Waals surface area contributed by atoms with E-state index >= 15 is 0 Å². The van der Waals surface area contributed by atoms with Crippen LogP contribution >= 0.6 is 0 Å². The number of aryl methyl sites for hydroxylation is 1. The number of aromatic nitrogens is 2. The van der Waals surface area contributed by atoms with Gasteiger partial charge in [-0.05, 0) is 56.1 Å². The Balaban J connectivity index is 1.74. The molecule has 3 rings (SSSR count). The molecule has 5 nitrogen and oxygen atoms in total. The Morgan fingerprint density at radius 1 is 1.23 bits per heavy atom. The zero-order chi connectivity index (χ0) is 18.7. The minimum Gasteiger partial charge on any atom is -0.507 e. The predicted octanol–water partition coefficient (Wildman–Crippen LogP) is 3.73. The molecule has 2 heterocycles. The third-order valence-corrected chi connectivity index (χ3v) is 4.50. The summed E-state index contributed by atoms with van der Waals surface area (Å²) in [5.74, 6) is 0.129. The second kappa shape index (κ2) is 7.49. The number of nitrogens with zero attached hydrogens (tertiary/aromatic N) is 2. The first-order valence-electron chi connectivity index (χ1n) is 8.57. The summed E-state index contributed by atoms with van der Waals surface area (Å²) < 4.78 is 38.5. The smallest absolute Gasteiger partial charge is 0.416 e. The fourth-order valence-electron chi connectivity index (χ4n) is 3.15. The van der Waals surface area contributed by atoms with Crippen LogP contribution in [0.25, 0.3) is 11.3 Å². The largest absolute Gasteiger partial charge is 0.507 e. The maximum Gasteiger partial charge on any atom is 0.416 e. The van der Waals surface area contributed by atoms with Crippen LogP contribution in [0.2, 0.25) is 0 Å². The van der Waals surface area contributed by atoms with Crippen molar-refractivity contribution in [1.82, 2.24) is 15.5 Å². The number of rotatable bonds is 4. The third-order valence-electron chi connectivity index (χ3n) is 4.50. The molecule has 26 heavy (non-hydrogen) atoms. The summed E-state index contributed by atoms with van der Waals surface area (Å²) in [6.45, 7) is 3.26. The number of hydrogen-bond donors (Lipinski definition) is 3. The number of hydrogen-bond acceptors (Lipinski definition) is 5. The molecule has 0 aliphatic carbocycles. The average molecular weight is 366 g/mol. The standard InChI is InChI=1S/C18H21F3N4O/c1-11-8-12(18(19,20)21)9-15(26)17(11)14-5-6-16(25-24-14)23-10-13-4-2-3-7-22-13/h5-6,8-9,13,22,26H,2-4,7,10H2,1H3,(H,23,25)/t13-/m0/s1. The van der Waals surface area contributed by atoms with Gasteiger partial charge < -0.3 is 15.7 Å². The molecule has 0 saturated carbocycles. The van der Waals surface area contributed by atoms with Crippen molar-refractivity contribution < 1.29 is 18.3 Å². The number of phenols is 1. The van der Waals surface area contributed by atoms with Crippen molar-refractivity contribution in [3.63, 3.8) is 0 Å². The third kappa shape index (κ3) is 4.24. The molecule has 3 N–H and O–H groups in total. The molecular weight excluding hydrogens is 345 g/mol. The monoisotopic (exact) mass is 366 g/mol. The molecular formula is C18H21F3N4O. The minimum atomic E-state index is -4.51. The fraction of sp³-hybridized carbons (Fsp3) is 0.444. The topological polar surface area (TPSA) is 70.1 Å². The summed E-state index contributed by atoms with van der Waals surface area (Å²) in [5, 5.41) is 24.8. The van der Waals surface area contributed by atoms with Gasteiger partial charge in [-0.1, -0.05) is 6.42 Å². The van der Waals surface area contributed by atoms with Crippen molar-refractivity contribution >= 4 is 5.82 Å². The molecule has 1 aromatic heterocycles. The van der Waals surface area contributed by atoms with Crippen LogP contribution in [0.4, 0.5) is 19.0 Å². The Morgan fingerprint density at radius 3 is 2.62 bits per heavy atom. The van der Waals surface area contributed by atoms with Crippen molar-refractivity contribution in [1.29, 1.82) is 0 Å². The van der Waals surface area contributed by atoms with Crippen molar-refractivity contribution in [3.05, 3.63) is 35.4 Å². The van der Waals surface area contributed by atoms with Crippen LogP contribution in [-0.4, -0.2) is 34.4 Å². The number of phenolic OH excluding ortho intramolecular Hbond substituents is 1. The Labute approximate surface area is 149 Å². The zero-order valence-electron chi connectivity index (χ0n) is 14.4. The van der Waals surface area contributed by atoms with Crippen LogP contribution < -0.4 is 10.6 Å². The van der Waals surface area contributed by atoms with Gasteiger partial charge in [0.15, 0.2) is 0 Å². The van der Waals surface area contributed by atoms with E-state index in [1.807, 2.05) is 0 Å². The van der Waals surface area contributed by atoms with Gasteiger partial charge >= 0.3 is 6.18 Å². The Bertz CT molecular complexity index is 733. The number of nitrogens with one attached hydrogen (secondary N) is 2. The second-order valence-corrected chi connectivity index (χ2v) is 6.52. The van der Waals surface area contributed by atoms with E-state index in [4.69, 9.17) is 0 Å². The van der Waals surface area contributed by atoms with E-state index in [-0.39, 0.29) is 5.56 Å². The van der Waals surface area contributed by atoms with E-state index in [0.29, 0.717) is 29.2 Å². The first kappa shape index (κ1) is 18.4. The van der Waals surface area contributed by atoms with Crippen LogP contribution in [-0.2, 0) is 6.18 Å². The van der Waals surface area contributed by atoms with Crippen LogP contribution in [0.1, 0.15) is 30.4 Å². The normalized spacial score (nSPS) is 17.9. The quantitative estimate of drug-likeness (QED) is 0.769. The number of aromatic hydroxyl groups is 1. The molecule has 1 atom stereocenters. The SMILES string of the molecule is Cc1cc(C(F)(F)F)cc(O)c1-c1ccc(NC[C@@H]2CCCCN2)nn1. The molecule has 2 aromatic rings. The van der Waals surface area contributed by atoms with Gasteiger partial charge in [-0.25, -0.2) is 0 Å². The Morgan fingerprint density at radius 2 is 2.04 bits per heavy atom. The molecule has 1 aromatic carbocycles. The van der Waals surface area contributed by atoms with Crippen molar-refractivity contribution in [3.8, 4) is 17.0 Å². The highest BCUT2D eigenvalue weighted by Gasteiger charge is 2.32. The summed E-state index contributed by atoms with van der Waals surface area (Å²) in [6.07, 6.45) is -0.998. The summed E-state index contributed by atoms with van der Waals surface area (Å²) in [4.78, 5) is 0. The zero-order valence-corrected chi connectivity index (χ0v) is 14.4. The predicted molar refractivity (Wildman–Crippen MR) is 93.0 cm³/mol. The van der Waals surface area contributed by atoms with E-state index in [0.717, 1.165) is 25.6 Å². The molecule has 0 radical (unpaired) electrons. The van der Waals surface area contributed by atoms with Crippen LogP contribution in [0.5, 0.6) is 5.75 Å². The van der Waals surface area contributed by atoms with Gasteiger partial charge in [0, 0.05) is 18.2 Å². The summed E-state index contributed by atoms with van der Waals surface area (Å²) in [5.41, 5.74) is -0.0118. The van der Waals surface area contributed by atoms with Crippen LogP contribution in [0.15, 0.2) is 24.3 Å². The molecule has 0 amide bonds. The minimum absolute atomic E-state index is 0.256. The maximum absolute atomic E-state index is 12.8. The second-order valence-electron chi connectivity index (χ2n) is 6.52. The summed E-state index contributed by atoms with van der Waals surface area (Å²) >= 11 is 0. The van der Waals surface area contributed by atoms with Crippen LogP contribution in [0, 0.1) is 6.92 Å². The van der Waals surface area contributed by atoms with E-state index in [1.165, 1.54) is 19.8 Å². The molecule has 1 fully saturated rings. The molecule has 0 bridgehead atoms. The molecule has 1 saturated heterocycles. The molecule has 1 aliphatic rings. The van der Waals surface area contributed by atoms with E-state index in [9.17, 15) is 18.3 Å². The van der Waals surface area contributed by atoms with E-state index in [2.05, 4.69) is 20.8 Å². The lowest BCUT2D eigenvalue weighted by atomic mass is 10.0. The van der Waals surface area contributed by atoms with Crippen molar-refractivity contribution in [2.24, 2.45) is 0 Å². The lowest BCUT2D eigenvalue weighted by molar-refractivity contribution is -0.137. The van der Waals surface area contributed by atoms with Gasteiger partial charge in [-0.3, -0.25) is 0 Å². The molecule has 8 heteroatoms. The highest BCUT2D eigenvalue weighted by molar-refractivity contribution is 5.71. The lowest BCUT2D eigenvalue weighted by Crippen LogP contribution is -2.39. The lowest BCUT2D eigenvalue weighted by Gasteiger charge is -2.23. The summed E-state index contributed by atoms with van der Waals surface area (Å²) in [6, 6.07) is 5.45. The Hall–Kier alpha value is -2.35. The number of benzene rings is 1. The van der Waals surface area contributed by atoms with Gasteiger partial charge in [-0.2, -0.15) is 13.2 Å². The fourth-order valence-corrected chi connectivity index (χ4v) is 3.15. The molecule has 0 spiro atoms. The highest BCUT2D eigenvalue weighted by Crippen LogP contribution is 2.38. The first-order chi connectivity index (χ1) is 12.3. The summed E-state index contributed by atoms with van der Waals surface area (Å²) in [7, 11) is 0. The maximum atomic E-state index is 12.8. The van der Waals surface area contributed by atoms with Gasteiger partial charge in [0.05, 0.1) is 11.3 Å². The first-order valence-corrected chi connectivity index (χ1v) is 8.57. The van der Waals surface area contributed by atoms with Crippen LogP contribution in [0.3, 0.4) is 0 Å². The molecule has 0 unspecified atom stereocenters. The van der Waals surface area contributed by atoms with Gasteiger partial charge in [0.1, 0.15) is 11.6 Å². The molecule has 140 valence electrons. The average Bonchev–Trinajstić information content (AvgIpc) is 2.60. The molecule has 1 aliphatic heterocycles.